The smallest absolute Gasteiger partial charge is 0.322 e. The van der Waals surface area contributed by atoms with Gasteiger partial charge in [-0.15, -0.1) is 0 Å². The van der Waals surface area contributed by atoms with E-state index in [1.165, 1.54) is 0 Å². The largest absolute Gasteiger partial charge is 0.481 e. The van der Waals surface area contributed by atoms with E-state index in [1.807, 2.05) is 27.7 Å². The molecule has 0 aromatic heterocycles. The predicted octanol–water partition coefficient (Wildman–Crippen LogP) is 3.49. The summed E-state index contributed by atoms with van der Waals surface area (Å²) < 4.78 is 10.5. The van der Waals surface area contributed by atoms with Crippen molar-refractivity contribution in [3.05, 3.63) is 0 Å². The van der Waals surface area contributed by atoms with E-state index in [2.05, 4.69) is 22.6 Å². The molecule has 0 aromatic carbocycles. The van der Waals surface area contributed by atoms with Crippen molar-refractivity contribution in [1.82, 2.24) is 0 Å². The van der Waals surface area contributed by atoms with Crippen molar-refractivity contribution in [1.29, 1.82) is 0 Å². The zero-order chi connectivity index (χ0) is 18.5. The molecule has 0 aromatic rings. The monoisotopic (exact) mass is 454 g/mol. The standard InChI is InChI=1S/C17H27IO6/c1-5-17(4,18)15(22)23-12-8-6-11(7-9-12)16(2,3)24-14(21)10-13(19)20/h11-12H,5-10H2,1-4H3,(H,19,20). The lowest BCUT2D eigenvalue weighted by Crippen LogP contribution is -2.41. The van der Waals surface area contributed by atoms with Gasteiger partial charge in [0, 0.05) is 0 Å². The second kappa shape index (κ2) is 8.49. The van der Waals surface area contributed by atoms with E-state index >= 15 is 0 Å². The van der Waals surface area contributed by atoms with Gasteiger partial charge in [0.25, 0.3) is 0 Å². The summed E-state index contributed by atoms with van der Waals surface area (Å²) in [5, 5.41) is 8.65. The van der Waals surface area contributed by atoms with Gasteiger partial charge in [0.15, 0.2) is 0 Å². The molecule has 0 heterocycles. The highest BCUT2D eigenvalue weighted by atomic mass is 127. The Morgan fingerprint density at radius 2 is 1.67 bits per heavy atom. The first kappa shape index (κ1) is 21.2. The van der Waals surface area contributed by atoms with E-state index in [0.717, 1.165) is 25.7 Å². The third kappa shape index (κ3) is 6.22. The molecule has 24 heavy (non-hydrogen) atoms. The Labute approximate surface area is 156 Å². The van der Waals surface area contributed by atoms with Crippen molar-refractivity contribution in [3.8, 4) is 0 Å². The van der Waals surface area contributed by atoms with Crippen LogP contribution in [-0.2, 0) is 23.9 Å². The van der Waals surface area contributed by atoms with Crippen molar-refractivity contribution in [3.63, 3.8) is 0 Å². The summed E-state index contributed by atoms with van der Waals surface area (Å²) >= 11 is 2.12. The molecule has 0 saturated heterocycles. The van der Waals surface area contributed by atoms with Crippen molar-refractivity contribution < 1.29 is 29.0 Å². The number of carbonyl (C=O) groups is 3. The number of alkyl halides is 1. The van der Waals surface area contributed by atoms with Gasteiger partial charge in [-0.3, -0.25) is 14.4 Å². The van der Waals surface area contributed by atoms with Gasteiger partial charge in [-0.25, -0.2) is 0 Å². The van der Waals surface area contributed by atoms with Crippen LogP contribution >= 0.6 is 22.6 Å². The Morgan fingerprint density at radius 1 is 1.12 bits per heavy atom. The molecule has 0 bridgehead atoms. The lowest BCUT2D eigenvalue weighted by atomic mass is 9.77. The number of aliphatic carboxylic acids is 1. The van der Waals surface area contributed by atoms with E-state index in [9.17, 15) is 14.4 Å². The van der Waals surface area contributed by atoms with Crippen LogP contribution in [0.5, 0.6) is 0 Å². The highest BCUT2D eigenvalue weighted by Gasteiger charge is 2.38. The molecule has 1 aliphatic rings. The first-order chi connectivity index (χ1) is 11.0. The average Bonchev–Trinajstić information content (AvgIpc) is 2.46. The molecule has 1 aliphatic carbocycles. The van der Waals surface area contributed by atoms with Crippen LogP contribution in [0.4, 0.5) is 0 Å². The van der Waals surface area contributed by atoms with Crippen LogP contribution in [0.1, 0.15) is 66.2 Å². The van der Waals surface area contributed by atoms with Crippen LogP contribution in [0.2, 0.25) is 0 Å². The number of carboxylic acids is 1. The van der Waals surface area contributed by atoms with Crippen molar-refractivity contribution in [2.45, 2.75) is 81.3 Å². The maximum Gasteiger partial charge on any atom is 0.322 e. The molecule has 1 saturated carbocycles. The van der Waals surface area contributed by atoms with Gasteiger partial charge in [0.2, 0.25) is 0 Å². The topological polar surface area (TPSA) is 89.9 Å². The number of ether oxygens (including phenoxy) is 2. The van der Waals surface area contributed by atoms with Crippen LogP contribution < -0.4 is 0 Å². The predicted molar refractivity (Wildman–Crippen MR) is 97.0 cm³/mol. The lowest BCUT2D eigenvalue weighted by molar-refractivity contribution is -0.167. The fraction of sp³-hybridized carbons (Fsp3) is 0.824. The van der Waals surface area contributed by atoms with Crippen LogP contribution in [0.25, 0.3) is 0 Å². The van der Waals surface area contributed by atoms with Gasteiger partial charge in [-0.2, -0.15) is 0 Å². The van der Waals surface area contributed by atoms with Crippen LogP contribution in [0, 0.1) is 5.92 Å². The minimum atomic E-state index is -1.19. The van der Waals surface area contributed by atoms with E-state index in [0.29, 0.717) is 6.42 Å². The fourth-order valence-corrected chi connectivity index (χ4v) is 2.96. The molecule has 138 valence electrons. The molecule has 1 rings (SSSR count). The SMILES string of the molecule is CCC(C)(I)C(=O)OC1CCC(C(C)(C)OC(=O)CC(=O)O)CC1. The summed E-state index contributed by atoms with van der Waals surface area (Å²) in [5.41, 5.74) is -0.720. The second-order valence-corrected chi connectivity index (χ2v) is 9.46. The fourth-order valence-electron chi connectivity index (χ4n) is 2.83. The first-order valence-corrected chi connectivity index (χ1v) is 9.39. The average molecular weight is 454 g/mol. The lowest BCUT2D eigenvalue weighted by Gasteiger charge is -2.38. The first-order valence-electron chi connectivity index (χ1n) is 8.31. The van der Waals surface area contributed by atoms with E-state index < -0.39 is 27.4 Å². The molecule has 0 spiro atoms. The summed E-state index contributed by atoms with van der Waals surface area (Å²) in [5.74, 6) is -1.96. The third-order valence-electron chi connectivity index (χ3n) is 4.69. The maximum atomic E-state index is 12.1. The van der Waals surface area contributed by atoms with Crippen molar-refractivity contribution in [2.24, 2.45) is 5.92 Å². The minimum absolute atomic E-state index is 0.0973. The van der Waals surface area contributed by atoms with E-state index in [-0.39, 0.29) is 18.0 Å². The van der Waals surface area contributed by atoms with Crippen LogP contribution in [0.15, 0.2) is 0 Å². The number of carboxylic acid groups (broad SMARTS) is 1. The van der Waals surface area contributed by atoms with Gasteiger partial charge in [-0.1, -0.05) is 29.5 Å². The van der Waals surface area contributed by atoms with Gasteiger partial charge in [-0.05, 0) is 58.8 Å². The molecule has 7 heteroatoms. The molecule has 0 aliphatic heterocycles. The Balaban J connectivity index is 2.51. The number of hydrogen-bond donors (Lipinski definition) is 1. The van der Waals surface area contributed by atoms with Gasteiger partial charge in [0.1, 0.15) is 21.5 Å². The summed E-state index contributed by atoms with van der Waals surface area (Å²) in [7, 11) is 0. The quantitative estimate of drug-likeness (QED) is 0.274. The zero-order valence-corrected chi connectivity index (χ0v) is 16.9. The second-order valence-electron chi connectivity index (χ2n) is 7.08. The molecular formula is C17H27IO6. The van der Waals surface area contributed by atoms with Crippen molar-refractivity contribution >= 4 is 40.5 Å². The summed E-state index contributed by atoms with van der Waals surface area (Å²) in [6, 6.07) is 0. The van der Waals surface area contributed by atoms with Gasteiger partial charge < -0.3 is 14.6 Å². The normalized spacial score (nSPS) is 23.9. The zero-order valence-electron chi connectivity index (χ0n) is 14.8. The highest BCUT2D eigenvalue weighted by Crippen LogP contribution is 2.37. The van der Waals surface area contributed by atoms with Gasteiger partial charge >= 0.3 is 17.9 Å². The van der Waals surface area contributed by atoms with Crippen molar-refractivity contribution in [2.75, 3.05) is 0 Å². The molecule has 1 atom stereocenters. The third-order valence-corrected chi connectivity index (χ3v) is 5.90. The number of carbonyl (C=O) groups excluding carboxylic acids is 2. The summed E-state index contributed by atoms with van der Waals surface area (Å²) in [6.07, 6.45) is 3.00. The summed E-state index contributed by atoms with van der Waals surface area (Å²) in [4.78, 5) is 34.3. The molecule has 1 N–H and O–H groups in total. The molecule has 1 fully saturated rings. The highest BCUT2D eigenvalue weighted by molar-refractivity contribution is 14.1. The Kier molecular flexibility index (Phi) is 7.49. The number of hydrogen-bond acceptors (Lipinski definition) is 5. The molecule has 0 amide bonds. The van der Waals surface area contributed by atoms with Crippen LogP contribution in [-0.4, -0.2) is 38.1 Å². The number of halogens is 1. The molecule has 0 radical (unpaired) electrons. The molecule has 6 nitrogen and oxygen atoms in total. The number of esters is 2. The molecular weight excluding hydrogens is 427 g/mol. The van der Waals surface area contributed by atoms with Crippen LogP contribution in [0.3, 0.4) is 0 Å². The van der Waals surface area contributed by atoms with E-state index in [4.69, 9.17) is 14.6 Å². The molecule has 1 unspecified atom stereocenters. The maximum absolute atomic E-state index is 12.1. The Morgan fingerprint density at radius 3 is 2.12 bits per heavy atom. The minimum Gasteiger partial charge on any atom is -0.481 e. The number of rotatable bonds is 7. The Bertz CT molecular complexity index is 477. The van der Waals surface area contributed by atoms with Gasteiger partial charge in [0.05, 0.1) is 0 Å². The Hall–Kier alpha value is -0.860. The van der Waals surface area contributed by atoms with E-state index in [1.54, 1.807) is 0 Å². The summed E-state index contributed by atoms with van der Waals surface area (Å²) in [6.45, 7) is 7.44.